The summed E-state index contributed by atoms with van der Waals surface area (Å²) in [7, 11) is 1.67. The van der Waals surface area contributed by atoms with Crippen molar-refractivity contribution in [1.82, 2.24) is 4.90 Å². The lowest BCUT2D eigenvalue weighted by atomic mass is 10.0. The number of ether oxygens (including phenoxy) is 1. The Hall–Kier alpha value is -3.80. The second-order valence-electron chi connectivity index (χ2n) is 8.88. The molecule has 0 aromatic heterocycles. The molecule has 35 heavy (non-hydrogen) atoms. The summed E-state index contributed by atoms with van der Waals surface area (Å²) in [6.45, 7) is 6.71. The fourth-order valence-corrected chi connectivity index (χ4v) is 4.45. The summed E-state index contributed by atoms with van der Waals surface area (Å²) in [5.74, 6) is 0.575. The number of carbonyl (C=O) groups excluding carboxylic acids is 2. The number of piperazine rings is 1. The van der Waals surface area contributed by atoms with E-state index in [1.807, 2.05) is 66.4 Å². The minimum absolute atomic E-state index is 0.0410. The SMILES string of the molecule is CCCc1ccc(NC(=O)c2ccc(C)c(C(=O)N3CCN(c4ccccc4OC)CC3)c2)cc1. The van der Waals surface area contributed by atoms with Crippen LogP contribution in [-0.4, -0.2) is 50.0 Å². The van der Waals surface area contributed by atoms with Crippen molar-refractivity contribution in [1.29, 1.82) is 0 Å². The highest BCUT2D eigenvalue weighted by Gasteiger charge is 2.25. The molecule has 0 atom stereocenters. The minimum atomic E-state index is -0.219. The number of amides is 2. The van der Waals surface area contributed by atoms with Gasteiger partial charge in [-0.15, -0.1) is 0 Å². The lowest BCUT2D eigenvalue weighted by Crippen LogP contribution is -2.49. The van der Waals surface area contributed by atoms with Gasteiger partial charge in [0.25, 0.3) is 11.8 Å². The van der Waals surface area contributed by atoms with Crippen LogP contribution in [0.1, 0.15) is 45.2 Å². The summed E-state index contributed by atoms with van der Waals surface area (Å²) in [5, 5.41) is 2.95. The molecule has 3 aromatic rings. The van der Waals surface area contributed by atoms with Crippen molar-refractivity contribution in [2.45, 2.75) is 26.7 Å². The number of hydrogen-bond donors (Lipinski definition) is 1. The van der Waals surface area contributed by atoms with Crippen LogP contribution in [-0.2, 0) is 6.42 Å². The number of nitrogens with one attached hydrogen (secondary N) is 1. The van der Waals surface area contributed by atoms with Crippen LogP contribution in [0, 0.1) is 6.92 Å². The van der Waals surface area contributed by atoms with Crippen LogP contribution in [0.4, 0.5) is 11.4 Å². The van der Waals surface area contributed by atoms with Crippen LogP contribution in [0.2, 0.25) is 0 Å². The van der Waals surface area contributed by atoms with E-state index >= 15 is 0 Å². The summed E-state index contributed by atoms with van der Waals surface area (Å²) in [5.41, 5.74) is 4.95. The van der Waals surface area contributed by atoms with E-state index in [0.717, 1.165) is 48.6 Å². The number of hydrogen-bond acceptors (Lipinski definition) is 4. The molecular weight excluding hydrogens is 438 g/mol. The van der Waals surface area contributed by atoms with Crippen molar-refractivity contribution in [3.05, 3.63) is 89.0 Å². The molecule has 6 nitrogen and oxygen atoms in total. The third-order valence-electron chi connectivity index (χ3n) is 6.47. The first-order valence-electron chi connectivity index (χ1n) is 12.2. The molecule has 4 rings (SSSR count). The molecule has 0 bridgehead atoms. The number of rotatable bonds is 7. The van der Waals surface area contributed by atoms with Gasteiger partial charge < -0.3 is 19.9 Å². The van der Waals surface area contributed by atoms with E-state index in [0.29, 0.717) is 24.2 Å². The van der Waals surface area contributed by atoms with Gasteiger partial charge >= 0.3 is 0 Å². The van der Waals surface area contributed by atoms with E-state index in [-0.39, 0.29) is 11.8 Å². The number of methoxy groups -OCH3 is 1. The van der Waals surface area contributed by atoms with E-state index in [2.05, 4.69) is 17.1 Å². The van der Waals surface area contributed by atoms with E-state index < -0.39 is 0 Å². The zero-order valence-electron chi connectivity index (χ0n) is 20.7. The van der Waals surface area contributed by atoms with Gasteiger partial charge in [-0.2, -0.15) is 0 Å². The number of aryl methyl sites for hydroxylation is 2. The molecule has 182 valence electrons. The summed E-state index contributed by atoms with van der Waals surface area (Å²) < 4.78 is 5.49. The van der Waals surface area contributed by atoms with Gasteiger partial charge in [0.15, 0.2) is 0 Å². The number of benzene rings is 3. The molecule has 0 saturated carbocycles. The zero-order chi connectivity index (χ0) is 24.8. The standard InChI is InChI=1S/C29H33N3O3/c1-4-7-22-11-14-24(15-12-22)30-28(33)23-13-10-21(2)25(20-23)29(34)32-18-16-31(17-19-32)26-8-5-6-9-27(26)35-3/h5-6,8-15,20H,4,7,16-19H2,1-3H3,(H,30,33). The van der Waals surface area contributed by atoms with E-state index in [4.69, 9.17) is 4.74 Å². The molecule has 3 aromatic carbocycles. The third-order valence-corrected chi connectivity index (χ3v) is 6.47. The first-order chi connectivity index (χ1) is 17.0. The normalized spacial score (nSPS) is 13.5. The lowest BCUT2D eigenvalue weighted by molar-refractivity contribution is 0.0746. The molecular formula is C29H33N3O3. The van der Waals surface area contributed by atoms with Gasteiger partial charge in [-0.1, -0.05) is 43.7 Å². The first-order valence-corrected chi connectivity index (χ1v) is 12.2. The second-order valence-corrected chi connectivity index (χ2v) is 8.88. The molecule has 2 amide bonds. The number of para-hydroxylation sites is 2. The highest BCUT2D eigenvalue weighted by atomic mass is 16.5. The van der Waals surface area contributed by atoms with Crippen LogP contribution < -0.4 is 15.0 Å². The van der Waals surface area contributed by atoms with Gasteiger partial charge in [0.2, 0.25) is 0 Å². The van der Waals surface area contributed by atoms with Crippen molar-refractivity contribution >= 4 is 23.2 Å². The van der Waals surface area contributed by atoms with Gasteiger partial charge in [-0.25, -0.2) is 0 Å². The van der Waals surface area contributed by atoms with Crippen molar-refractivity contribution in [3.8, 4) is 5.75 Å². The molecule has 1 N–H and O–H groups in total. The van der Waals surface area contributed by atoms with Crippen LogP contribution in [0.15, 0.2) is 66.7 Å². The Labute approximate surface area is 207 Å². The number of anilines is 2. The topological polar surface area (TPSA) is 61.9 Å². The molecule has 1 fully saturated rings. The second kappa shape index (κ2) is 11.1. The number of nitrogens with zero attached hydrogens (tertiary/aromatic N) is 2. The Morgan fingerprint density at radius 3 is 2.34 bits per heavy atom. The highest BCUT2D eigenvalue weighted by molar-refractivity contribution is 6.06. The maximum atomic E-state index is 13.4. The molecule has 1 heterocycles. The van der Waals surface area contributed by atoms with E-state index in [1.165, 1.54) is 5.56 Å². The van der Waals surface area contributed by atoms with Crippen molar-refractivity contribution < 1.29 is 14.3 Å². The summed E-state index contributed by atoms with van der Waals surface area (Å²) in [4.78, 5) is 30.4. The molecule has 0 aliphatic carbocycles. The highest BCUT2D eigenvalue weighted by Crippen LogP contribution is 2.28. The maximum absolute atomic E-state index is 13.4. The average molecular weight is 472 g/mol. The predicted molar refractivity (Wildman–Crippen MR) is 141 cm³/mol. The Morgan fingerprint density at radius 1 is 0.943 bits per heavy atom. The van der Waals surface area contributed by atoms with Crippen LogP contribution in [0.25, 0.3) is 0 Å². The summed E-state index contributed by atoms with van der Waals surface area (Å²) >= 11 is 0. The fraction of sp³-hybridized carbons (Fsp3) is 0.310. The molecule has 1 saturated heterocycles. The first kappa shape index (κ1) is 24.3. The van der Waals surface area contributed by atoms with Crippen LogP contribution in [0.3, 0.4) is 0 Å². The van der Waals surface area contributed by atoms with E-state index in [9.17, 15) is 9.59 Å². The van der Waals surface area contributed by atoms with Gasteiger partial charge in [-0.05, 0) is 60.9 Å². The predicted octanol–water partition coefficient (Wildman–Crippen LogP) is 5.17. The molecule has 0 spiro atoms. The van der Waals surface area contributed by atoms with E-state index in [1.54, 1.807) is 19.2 Å². The minimum Gasteiger partial charge on any atom is -0.495 e. The quantitative estimate of drug-likeness (QED) is 0.516. The molecule has 1 aliphatic heterocycles. The van der Waals surface area contributed by atoms with Gasteiger partial charge in [0.05, 0.1) is 12.8 Å². The Kier molecular flexibility index (Phi) is 7.70. The monoisotopic (exact) mass is 471 g/mol. The van der Waals surface area contributed by atoms with Crippen LogP contribution in [0.5, 0.6) is 5.75 Å². The molecule has 6 heteroatoms. The fourth-order valence-electron chi connectivity index (χ4n) is 4.45. The largest absolute Gasteiger partial charge is 0.495 e. The Morgan fingerprint density at radius 2 is 1.66 bits per heavy atom. The molecule has 0 unspecified atom stereocenters. The van der Waals surface area contributed by atoms with Crippen LogP contribution >= 0.6 is 0 Å². The number of carbonyl (C=O) groups is 2. The average Bonchev–Trinajstić information content (AvgIpc) is 2.90. The van der Waals surface area contributed by atoms with Gasteiger partial charge in [0, 0.05) is 43.0 Å². The maximum Gasteiger partial charge on any atom is 0.255 e. The molecule has 0 radical (unpaired) electrons. The van der Waals surface area contributed by atoms with Gasteiger partial charge in [0.1, 0.15) is 5.75 Å². The smallest absolute Gasteiger partial charge is 0.255 e. The molecule has 1 aliphatic rings. The summed E-state index contributed by atoms with van der Waals surface area (Å²) in [6.07, 6.45) is 2.10. The van der Waals surface area contributed by atoms with Gasteiger partial charge in [-0.3, -0.25) is 9.59 Å². The lowest BCUT2D eigenvalue weighted by Gasteiger charge is -2.36. The Balaban J connectivity index is 1.43. The Bertz CT molecular complexity index is 1180. The third kappa shape index (κ3) is 5.65. The van der Waals surface area contributed by atoms with Crippen molar-refractivity contribution in [3.63, 3.8) is 0 Å². The van der Waals surface area contributed by atoms with Crippen molar-refractivity contribution in [2.24, 2.45) is 0 Å². The van der Waals surface area contributed by atoms with Crippen molar-refractivity contribution in [2.75, 3.05) is 43.5 Å². The summed E-state index contributed by atoms with van der Waals surface area (Å²) in [6, 6.07) is 21.2. The zero-order valence-corrected chi connectivity index (χ0v) is 20.7.